The molecule has 1 heterocycles. The normalized spacial score (nSPS) is 12.5. The highest BCUT2D eigenvalue weighted by Crippen LogP contribution is 2.16. The van der Waals surface area contributed by atoms with Crippen LogP contribution >= 0.6 is 0 Å². The molecule has 0 aliphatic rings. The van der Waals surface area contributed by atoms with Gasteiger partial charge >= 0.3 is 0 Å². The molecule has 6 nitrogen and oxygen atoms in total. The first-order chi connectivity index (χ1) is 7.80. The standard InChI is InChI=1S/C10H18N4O2S/c1-4-10(2,3)14-17(15,16)8-5-6-12-9(7-8)13-11/h5-7,14H,4,11H2,1-3H3,(H,12,13). The Balaban J connectivity index is 3.05. The second kappa shape index (κ2) is 4.99. The van der Waals surface area contributed by atoms with E-state index in [4.69, 9.17) is 5.84 Å². The van der Waals surface area contributed by atoms with Crippen LogP contribution in [0.5, 0.6) is 0 Å². The Morgan fingerprint density at radius 1 is 1.47 bits per heavy atom. The molecule has 0 radical (unpaired) electrons. The van der Waals surface area contributed by atoms with Crippen molar-refractivity contribution in [1.29, 1.82) is 0 Å². The van der Waals surface area contributed by atoms with Crippen LogP contribution in [0, 0.1) is 0 Å². The highest BCUT2D eigenvalue weighted by atomic mass is 32.2. The lowest BCUT2D eigenvalue weighted by molar-refractivity contribution is 0.439. The molecule has 0 amide bonds. The fourth-order valence-corrected chi connectivity index (χ4v) is 2.65. The lowest BCUT2D eigenvalue weighted by Crippen LogP contribution is -2.42. The largest absolute Gasteiger partial charge is 0.308 e. The molecule has 17 heavy (non-hydrogen) atoms. The van der Waals surface area contributed by atoms with Crippen LogP contribution in [-0.4, -0.2) is 18.9 Å². The number of hydrazine groups is 1. The van der Waals surface area contributed by atoms with Crippen LogP contribution in [0.25, 0.3) is 0 Å². The maximum Gasteiger partial charge on any atom is 0.241 e. The summed E-state index contributed by atoms with van der Waals surface area (Å²) >= 11 is 0. The summed E-state index contributed by atoms with van der Waals surface area (Å²) in [5.41, 5.74) is 1.83. The van der Waals surface area contributed by atoms with Gasteiger partial charge in [0.25, 0.3) is 0 Å². The summed E-state index contributed by atoms with van der Waals surface area (Å²) in [6, 6.07) is 2.81. The van der Waals surface area contributed by atoms with Crippen molar-refractivity contribution >= 4 is 15.8 Å². The molecule has 0 saturated carbocycles. The van der Waals surface area contributed by atoms with Gasteiger partial charge in [0.05, 0.1) is 4.90 Å². The molecule has 0 saturated heterocycles. The van der Waals surface area contributed by atoms with E-state index in [1.165, 1.54) is 18.3 Å². The summed E-state index contributed by atoms with van der Waals surface area (Å²) < 4.78 is 26.8. The van der Waals surface area contributed by atoms with E-state index in [0.29, 0.717) is 12.2 Å². The molecule has 1 rings (SSSR count). The smallest absolute Gasteiger partial charge is 0.241 e. The second-order valence-electron chi connectivity index (χ2n) is 4.36. The number of sulfonamides is 1. The van der Waals surface area contributed by atoms with Crippen LogP contribution in [0.3, 0.4) is 0 Å². The molecule has 0 spiro atoms. The molecule has 0 aliphatic heterocycles. The number of hydrogen-bond acceptors (Lipinski definition) is 5. The van der Waals surface area contributed by atoms with E-state index in [-0.39, 0.29) is 4.90 Å². The average Bonchev–Trinajstić information content (AvgIpc) is 2.28. The van der Waals surface area contributed by atoms with Gasteiger partial charge in [0, 0.05) is 17.8 Å². The number of nitrogens with one attached hydrogen (secondary N) is 2. The third-order valence-corrected chi connectivity index (χ3v) is 4.18. The minimum atomic E-state index is -3.55. The van der Waals surface area contributed by atoms with Gasteiger partial charge in [-0.25, -0.2) is 24.0 Å². The Morgan fingerprint density at radius 2 is 2.12 bits per heavy atom. The Hall–Kier alpha value is -1.18. The zero-order valence-electron chi connectivity index (χ0n) is 10.2. The lowest BCUT2D eigenvalue weighted by Gasteiger charge is -2.24. The van der Waals surface area contributed by atoms with Crippen molar-refractivity contribution < 1.29 is 8.42 Å². The van der Waals surface area contributed by atoms with Crippen LogP contribution in [0.1, 0.15) is 27.2 Å². The van der Waals surface area contributed by atoms with Crippen molar-refractivity contribution in [2.75, 3.05) is 5.43 Å². The molecular formula is C10H18N4O2S. The van der Waals surface area contributed by atoms with Gasteiger partial charge in [-0.05, 0) is 26.3 Å². The van der Waals surface area contributed by atoms with Crippen LogP contribution < -0.4 is 16.0 Å². The van der Waals surface area contributed by atoms with E-state index in [0.717, 1.165) is 0 Å². The van der Waals surface area contributed by atoms with Crippen molar-refractivity contribution in [3.05, 3.63) is 18.3 Å². The summed E-state index contributed by atoms with van der Waals surface area (Å²) in [5.74, 6) is 5.50. The van der Waals surface area contributed by atoms with E-state index in [2.05, 4.69) is 15.1 Å². The first kappa shape index (κ1) is 13.9. The summed E-state index contributed by atoms with van der Waals surface area (Å²) in [5, 5.41) is 0. The quantitative estimate of drug-likeness (QED) is 0.537. The van der Waals surface area contributed by atoms with Crippen molar-refractivity contribution in [3.63, 3.8) is 0 Å². The van der Waals surface area contributed by atoms with Crippen LogP contribution in [0.2, 0.25) is 0 Å². The zero-order valence-corrected chi connectivity index (χ0v) is 11.0. The predicted octanol–water partition coefficient (Wildman–Crippen LogP) is 0.834. The molecule has 0 unspecified atom stereocenters. The first-order valence-electron chi connectivity index (χ1n) is 5.27. The Morgan fingerprint density at radius 3 is 2.65 bits per heavy atom. The molecule has 0 bridgehead atoms. The van der Waals surface area contributed by atoms with E-state index in [1.54, 1.807) is 0 Å². The number of aromatic nitrogens is 1. The average molecular weight is 258 g/mol. The molecule has 0 aromatic carbocycles. The molecule has 0 atom stereocenters. The topological polar surface area (TPSA) is 97.1 Å². The number of hydrogen-bond donors (Lipinski definition) is 3. The summed E-state index contributed by atoms with van der Waals surface area (Å²) in [6.07, 6.45) is 2.09. The number of nitrogen functional groups attached to an aromatic ring is 1. The van der Waals surface area contributed by atoms with Gasteiger partial charge in [-0.2, -0.15) is 0 Å². The van der Waals surface area contributed by atoms with Gasteiger partial charge in [-0.3, -0.25) is 0 Å². The van der Waals surface area contributed by atoms with Crippen molar-refractivity contribution in [3.8, 4) is 0 Å². The predicted molar refractivity (Wildman–Crippen MR) is 66.7 cm³/mol. The first-order valence-corrected chi connectivity index (χ1v) is 6.76. The van der Waals surface area contributed by atoms with Crippen molar-refractivity contribution in [1.82, 2.24) is 9.71 Å². The maximum atomic E-state index is 12.1. The van der Waals surface area contributed by atoms with Crippen LogP contribution in [0.4, 0.5) is 5.82 Å². The van der Waals surface area contributed by atoms with Crippen molar-refractivity contribution in [2.45, 2.75) is 37.6 Å². The van der Waals surface area contributed by atoms with Crippen LogP contribution in [-0.2, 0) is 10.0 Å². The van der Waals surface area contributed by atoms with Gasteiger partial charge in [0.2, 0.25) is 10.0 Å². The third kappa shape index (κ3) is 3.65. The summed E-state index contributed by atoms with van der Waals surface area (Å²) in [7, 11) is -3.55. The number of pyridine rings is 1. The monoisotopic (exact) mass is 258 g/mol. The highest BCUT2D eigenvalue weighted by molar-refractivity contribution is 7.89. The fourth-order valence-electron chi connectivity index (χ4n) is 1.15. The molecular weight excluding hydrogens is 240 g/mol. The molecule has 0 fully saturated rings. The molecule has 0 aliphatic carbocycles. The lowest BCUT2D eigenvalue weighted by atomic mass is 10.0. The van der Waals surface area contributed by atoms with Gasteiger partial charge in [-0.1, -0.05) is 6.92 Å². The van der Waals surface area contributed by atoms with E-state index < -0.39 is 15.6 Å². The Kier molecular flexibility index (Phi) is 4.07. The molecule has 7 heteroatoms. The third-order valence-electron chi connectivity index (χ3n) is 2.48. The molecule has 4 N–H and O–H groups in total. The number of nitrogens with two attached hydrogens (primary N) is 1. The molecule has 96 valence electrons. The fraction of sp³-hybridized carbons (Fsp3) is 0.500. The number of nitrogens with zero attached hydrogens (tertiary/aromatic N) is 1. The van der Waals surface area contributed by atoms with Gasteiger partial charge in [0.1, 0.15) is 5.82 Å². The second-order valence-corrected chi connectivity index (χ2v) is 6.05. The summed E-state index contributed by atoms with van der Waals surface area (Å²) in [6.45, 7) is 5.57. The van der Waals surface area contributed by atoms with Gasteiger partial charge < -0.3 is 5.43 Å². The molecule has 1 aromatic rings. The summed E-state index contributed by atoms with van der Waals surface area (Å²) in [4.78, 5) is 4.00. The number of rotatable bonds is 5. The highest BCUT2D eigenvalue weighted by Gasteiger charge is 2.24. The van der Waals surface area contributed by atoms with Gasteiger partial charge in [-0.15, -0.1) is 0 Å². The van der Waals surface area contributed by atoms with Crippen molar-refractivity contribution in [2.24, 2.45) is 5.84 Å². The zero-order chi connectivity index (χ0) is 13.1. The van der Waals surface area contributed by atoms with E-state index in [9.17, 15) is 8.42 Å². The maximum absolute atomic E-state index is 12.1. The Labute approximate surface area is 102 Å². The van der Waals surface area contributed by atoms with E-state index in [1.807, 2.05) is 20.8 Å². The minimum Gasteiger partial charge on any atom is -0.308 e. The molecule has 1 aromatic heterocycles. The van der Waals surface area contributed by atoms with Crippen LogP contribution in [0.15, 0.2) is 23.2 Å². The Bertz CT molecular complexity index is 485. The SMILES string of the molecule is CCC(C)(C)NS(=O)(=O)c1ccnc(NN)c1. The van der Waals surface area contributed by atoms with Gasteiger partial charge in [0.15, 0.2) is 0 Å². The van der Waals surface area contributed by atoms with E-state index >= 15 is 0 Å². The minimum absolute atomic E-state index is 0.141. The number of anilines is 1.